The van der Waals surface area contributed by atoms with E-state index in [-0.39, 0.29) is 6.04 Å². The number of rotatable bonds is 4. The topological polar surface area (TPSA) is 37.4 Å². The summed E-state index contributed by atoms with van der Waals surface area (Å²) in [6.45, 7) is 3.63. The Morgan fingerprint density at radius 1 is 1.33 bits per heavy atom. The van der Waals surface area contributed by atoms with Gasteiger partial charge in [-0.1, -0.05) is 29.8 Å². The summed E-state index contributed by atoms with van der Waals surface area (Å²) in [6.07, 6.45) is 0. The van der Waals surface area contributed by atoms with E-state index in [2.05, 4.69) is 15.9 Å². The van der Waals surface area contributed by atoms with Crippen molar-refractivity contribution in [3.05, 3.63) is 49.6 Å². The van der Waals surface area contributed by atoms with E-state index in [1.807, 2.05) is 25.1 Å². The molecule has 0 aliphatic rings. The molecule has 21 heavy (non-hydrogen) atoms. The Kier molecular flexibility index (Phi) is 5.15. The molecule has 1 atom stereocenters. The van der Waals surface area contributed by atoms with E-state index in [0.29, 0.717) is 9.92 Å². The van der Waals surface area contributed by atoms with Gasteiger partial charge in [0.25, 0.3) is 0 Å². The van der Waals surface area contributed by atoms with Gasteiger partial charge in [0.1, 0.15) is 0 Å². The highest BCUT2D eigenvalue weighted by molar-refractivity contribution is 9.11. The molecule has 0 N–H and O–H groups in total. The number of nitrogens with zero attached hydrogens (tertiary/aromatic N) is 1. The molecule has 2 rings (SSSR count). The molecule has 0 amide bonds. The van der Waals surface area contributed by atoms with Gasteiger partial charge >= 0.3 is 0 Å². The van der Waals surface area contributed by atoms with Crippen molar-refractivity contribution >= 4 is 48.9 Å². The van der Waals surface area contributed by atoms with Crippen LogP contribution in [0.1, 0.15) is 23.4 Å². The lowest BCUT2D eigenvalue weighted by Gasteiger charge is -2.25. The monoisotopic (exact) mass is 407 g/mol. The van der Waals surface area contributed by atoms with E-state index >= 15 is 0 Å². The first kappa shape index (κ1) is 17.0. The molecule has 0 spiro atoms. The predicted molar refractivity (Wildman–Crippen MR) is 91.6 cm³/mol. The summed E-state index contributed by atoms with van der Waals surface area (Å²) in [4.78, 5) is 1.10. The Morgan fingerprint density at radius 3 is 2.48 bits per heavy atom. The van der Waals surface area contributed by atoms with Gasteiger partial charge in [0, 0.05) is 23.0 Å². The Bertz CT molecular complexity index is 758. The first-order valence-corrected chi connectivity index (χ1v) is 9.66. The maximum Gasteiger partial charge on any atom is 0.244 e. The van der Waals surface area contributed by atoms with Crippen LogP contribution in [-0.2, 0) is 10.0 Å². The Morgan fingerprint density at radius 2 is 1.95 bits per heavy atom. The zero-order valence-corrected chi connectivity index (χ0v) is 15.8. The predicted octanol–water partition coefficient (Wildman–Crippen LogP) is 4.85. The number of thiophene rings is 1. The van der Waals surface area contributed by atoms with Crippen LogP contribution in [0.15, 0.2) is 39.0 Å². The summed E-state index contributed by atoms with van der Waals surface area (Å²) in [7, 11) is -1.98. The molecule has 0 saturated carbocycles. The van der Waals surface area contributed by atoms with Crippen LogP contribution >= 0.6 is 38.9 Å². The Labute approximate surface area is 142 Å². The molecule has 1 aromatic heterocycles. The maximum absolute atomic E-state index is 12.8. The van der Waals surface area contributed by atoms with E-state index in [1.165, 1.54) is 15.6 Å². The summed E-state index contributed by atoms with van der Waals surface area (Å²) in [6, 6.07) is 8.58. The van der Waals surface area contributed by atoms with Gasteiger partial charge in [-0.25, -0.2) is 8.42 Å². The second-order valence-corrected chi connectivity index (χ2v) is 9.70. The number of halogens is 2. The molecule has 1 aromatic carbocycles. The van der Waals surface area contributed by atoms with Crippen molar-refractivity contribution in [3.8, 4) is 0 Å². The minimum atomic E-state index is -3.56. The van der Waals surface area contributed by atoms with Gasteiger partial charge in [0.2, 0.25) is 10.0 Å². The van der Waals surface area contributed by atoms with E-state index in [4.69, 9.17) is 11.6 Å². The fourth-order valence-corrected chi connectivity index (χ4v) is 6.08. The fraction of sp³-hybridized carbons (Fsp3) is 0.286. The van der Waals surface area contributed by atoms with Gasteiger partial charge in [0.05, 0.1) is 8.68 Å². The zero-order valence-electron chi connectivity index (χ0n) is 11.8. The molecule has 0 aliphatic carbocycles. The van der Waals surface area contributed by atoms with E-state index in [9.17, 15) is 8.42 Å². The standard InChI is InChI=1S/C14H15BrClNO2S2/c1-9(11-6-4-5-7-12(11)16)17(3)21(18,19)13-8-14(15)20-10(13)2/h4-9H,1-3H3. The molecule has 3 nitrogen and oxygen atoms in total. The smallest absolute Gasteiger partial charge is 0.207 e. The van der Waals surface area contributed by atoms with Crippen molar-refractivity contribution in [2.45, 2.75) is 24.8 Å². The summed E-state index contributed by atoms with van der Waals surface area (Å²) >= 11 is 10.9. The molecule has 1 unspecified atom stereocenters. The van der Waals surface area contributed by atoms with Gasteiger partial charge in [-0.3, -0.25) is 0 Å². The first-order valence-electron chi connectivity index (χ1n) is 6.23. The van der Waals surface area contributed by atoms with Crippen LogP contribution in [0.5, 0.6) is 0 Å². The number of sulfonamides is 1. The van der Waals surface area contributed by atoms with Crippen LogP contribution in [0.25, 0.3) is 0 Å². The molecule has 0 fully saturated rings. The molecule has 0 saturated heterocycles. The normalized spacial score (nSPS) is 13.6. The lowest BCUT2D eigenvalue weighted by molar-refractivity contribution is 0.398. The van der Waals surface area contributed by atoms with E-state index < -0.39 is 10.0 Å². The van der Waals surface area contributed by atoms with Crippen LogP contribution in [0.3, 0.4) is 0 Å². The minimum absolute atomic E-state index is 0.334. The summed E-state index contributed by atoms with van der Waals surface area (Å²) < 4.78 is 27.7. The van der Waals surface area contributed by atoms with Gasteiger partial charge in [-0.15, -0.1) is 11.3 Å². The second-order valence-electron chi connectivity index (χ2n) is 4.69. The molecule has 7 heteroatoms. The number of aryl methyl sites for hydroxylation is 1. The number of hydrogen-bond acceptors (Lipinski definition) is 3. The average Bonchev–Trinajstić information content (AvgIpc) is 2.77. The lowest BCUT2D eigenvalue weighted by Crippen LogP contribution is -2.30. The zero-order chi connectivity index (χ0) is 15.8. The number of benzene rings is 1. The van der Waals surface area contributed by atoms with Crippen molar-refractivity contribution in [1.29, 1.82) is 0 Å². The van der Waals surface area contributed by atoms with Crippen molar-refractivity contribution in [2.24, 2.45) is 0 Å². The van der Waals surface area contributed by atoms with Crippen LogP contribution in [-0.4, -0.2) is 19.8 Å². The molecule has 2 aromatic rings. The van der Waals surface area contributed by atoms with Crippen molar-refractivity contribution in [2.75, 3.05) is 7.05 Å². The van der Waals surface area contributed by atoms with Gasteiger partial charge in [0.15, 0.2) is 0 Å². The molecular formula is C14H15BrClNO2S2. The largest absolute Gasteiger partial charge is 0.244 e. The SMILES string of the molecule is Cc1sc(Br)cc1S(=O)(=O)N(C)C(C)c1ccccc1Cl. The molecule has 0 aliphatic heterocycles. The summed E-state index contributed by atoms with van der Waals surface area (Å²) in [5.41, 5.74) is 0.789. The fourth-order valence-electron chi connectivity index (χ4n) is 2.06. The Hall–Kier alpha value is -0.400. The molecule has 1 heterocycles. The van der Waals surface area contributed by atoms with Crippen LogP contribution in [0.4, 0.5) is 0 Å². The molecule has 114 valence electrons. The van der Waals surface area contributed by atoms with Crippen molar-refractivity contribution in [1.82, 2.24) is 4.31 Å². The average molecular weight is 409 g/mol. The highest BCUT2D eigenvalue weighted by atomic mass is 79.9. The highest BCUT2D eigenvalue weighted by Crippen LogP contribution is 2.35. The first-order chi connectivity index (χ1) is 9.75. The van der Waals surface area contributed by atoms with Gasteiger partial charge < -0.3 is 0 Å². The third-order valence-corrected chi connectivity index (χ3v) is 7.48. The summed E-state index contributed by atoms with van der Waals surface area (Å²) in [5, 5.41) is 0.565. The molecule has 0 radical (unpaired) electrons. The third-order valence-electron chi connectivity index (χ3n) is 3.40. The van der Waals surface area contributed by atoms with Crippen molar-refractivity contribution < 1.29 is 8.42 Å². The van der Waals surface area contributed by atoms with Crippen LogP contribution in [0, 0.1) is 6.92 Å². The van der Waals surface area contributed by atoms with E-state index in [0.717, 1.165) is 14.2 Å². The molecule has 0 bridgehead atoms. The molecular weight excluding hydrogens is 394 g/mol. The van der Waals surface area contributed by atoms with E-state index in [1.54, 1.807) is 26.1 Å². The van der Waals surface area contributed by atoms with Crippen molar-refractivity contribution in [3.63, 3.8) is 0 Å². The van der Waals surface area contributed by atoms with Crippen LogP contribution in [0.2, 0.25) is 5.02 Å². The maximum atomic E-state index is 12.8. The highest BCUT2D eigenvalue weighted by Gasteiger charge is 2.29. The quantitative estimate of drug-likeness (QED) is 0.725. The summed E-state index contributed by atoms with van der Waals surface area (Å²) in [5.74, 6) is 0. The van der Waals surface area contributed by atoms with Gasteiger partial charge in [-0.2, -0.15) is 4.31 Å². The van der Waals surface area contributed by atoms with Crippen LogP contribution < -0.4 is 0 Å². The number of hydrogen-bond donors (Lipinski definition) is 0. The lowest BCUT2D eigenvalue weighted by atomic mass is 10.1. The third kappa shape index (κ3) is 3.35. The second kappa shape index (κ2) is 6.38. The van der Waals surface area contributed by atoms with Gasteiger partial charge in [-0.05, 0) is 47.5 Å². The Balaban J connectivity index is 2.41. The minimum Gasteiger partial charge on any atom is -0.207 e.